The maximum atomic E-state index is 13.5. The summed E-state index contributed by atoms with van der Waals surface area (Å²) in [5.74, 6) is -1.61. The Hall–Kier alpha value is -3.21. The quantitative estimate of drug-likeness (QED) is 0.512. The van der Waals surface area contributed by atoms with Crippen LogP contribution in [0.1, 0.15) is 25.6 Å². The Morgan fingerprint density at radius 1 is 0.944 bits per heavy atom. The monoisotopic (exact) mass is 545 g/mol. The van der Waals surface area contributed by atoms with Crippen molar-refractivity contribution in [2.24, 2.45) is 0 Å². The van der Waals surface area contributed by atoms with Gasteiger partial charge in [0, 0.05) is 36.8 Å². The lowest BCUT2D eigenvalue weighted by molar-refractivity contribution is -0.132. The highest BCUT2D eigenvalue weighted by molar-refractivity contribution is 7.92. The highest BCUT2D eigenvalue weighted by Gasteiger charge is 2.39. The molecule has 1 fully saturated rings. The predicted molar refractivity (Wildman–Crippen MR) is 138 cm³/mol. The van der Waals surface area contributed by atoms with Crippen LogP contribution in [0.3, 0.4) is 0 Å². The summed E-state index contributed by atoms with van der Waals surface area (Å²) in [6.07, 6.45) is 0. The van der Waals surface area contributed by atoms with E-state index in [1.807, 2.05) is 6.92 Å². The number of benzene rings is 2. The van der Waals surface area contributed by atoms with E-state index in [2.05, 4.69) is 5.32 Å². The van der Waals surface area contributed by atoms with Gasteiger partial charge < -0.3 is 15.1 Å². The summed E-state index contributed by atoms with van der Waals surface area (Å²) in [5, 5.41) is 2.77. The van der Waals surface area contributed by atoms with Crippen molar-refractivity contribution in [3.8, 4) is 0 Å². The molecule has 0 radical (unpaired) electrons. The van der Waals surface area contributed by atoms with E-state index >= 15 is 0 Å². The number of carbonyl (C=O) groups is 3. The second-order valence-electron chi connectivity index (χ2n) is 8.32. The molecule has 2 heterocycles. The fourth-order valence-electron chi connectivity index (χ4n) is 3.83. The standard InChI is InChI=1S/C25H24ClN3O5S2/c1-17-7-9-20(10-8-17)36(33,34)23(27-22(30)21-6-3-15-35-21)25(32)29-13-11-28(12-14-29)24(31)18-4-2-5-19(26)16-18/h2-10,15-16,23H,11-14H2,1H3,(H,27,30)/t23-/m1/s1. The third-order valence-corrected chi connectivity index (χ3v) is 8.81. The zero-order valence-electron chi connectivity index (χ0n) is 19.4. The predicted octanol–water partition coefficient (Wildman–Crippen LogP) is 3.22. The maximum Gasteiger partial charge on any atom is 0.262 e. The van der Waals surface area contributed by atoms with Crippen LogP contribution in [0.4, 0.5) is 0 Å². The number of rotatable bonds is 6. The summed E-state index contributed by atoms with van der Waals surface area (Å²) in [7, 11) is -4.24. The molecule has 188 valence electrons. The molecule has 0 spiro atoms. The van der Waals surface area contributed by atoms with Crippen molar-refractivity contribution in [2.45, 2.75) is 17.2 Å². The number of aryl methyl sites for hydroxylation is 1. The molecule has 2 aromatic carbocycles. The van der Waals surface area contributed by atoms with Gasteiger partial charge in [0.15, 0.2) is 0 Å². The highest BCUT2D eigenvalue weighted by atomic mass is 35.5. The Morgan fingerprint density at radius 3 is 2.22 bits per heavy atom. The first-order valence-electron chi connectivity index (χ1n) is 11.2. The average molecular weight is 546 g/mol. The number of sulfone groups is 1. The Bertz CT molecular complexity index is 1370. The van der Waals surface area contributed by atoms with E-state index in [9.17, 15) is 22.8 Å². The number of carbonyl (C=O) groups excluding carboxylic acids is 3. The highest BCUT2D eigenvalue weighted by Crippen LogP contribution is 2.20. The van der Waals surface area contributed by atoms with Crippen LogP contribution in [-0.2, 0) is 14.6 Å². The number of thiophene rings is 1. The molecule has 0 aliphatic carbocycles. The molecular formula is C25H24ClN3O5S2. The summed E-state index contributed by atoms with van der Waals surface area (Å²) in [6, 6.07) is 15.9. The molecule has 3 aromatic rings. The van der Waals surface area contributed by atoms with Crippen molar-refractivity contribution in [1.29, 1.82) is 0 Å². The van der Waals surface area contributed by atoms with E-state index in [0.717, 1.165) is 16.9 Å². The molecule has 1 aromatic heterocycles. The van der Waals surface area contributed by atoms with Crippen LogP contribution in [-0.4, -0.2) is 67.5 Å². The number of nitrogens with one attached hydrogen (secondary N) is 1. The summed E-state index contributed by atoms with van der Waals surface area (Å²) < 4.78 is 27.0. The van der Waals surface area contributed by atoms with Gasteiger partial charge in [-0.3, -0.25) is 14.4 Å². The van der Waals surface area contributed by atoms with Gasteiger partial charge in [0.1, 0.15) is 0 Å². The lowest BCUT2D eigenvalue weighted by atomic mass is 10.2. The third kappa shape index (κ3) is 5.61. The van der Waals surface area contributed by atoms with Gasteiger partial charge in [0.2, 0.25) is 15.2 Å². The van der Waals surface area contributed by atoms with E-state index in [1.165, 1.54) is 17.0 Å². The topological polar surface area (TPSA) is 104 Å². The average Bonchev–Trinajstić information content (AvgIpc) is 3.42. The van der Waals surface area contributed by atoms with E-state index in [-0.39, 0.29) is 37.0 Å². The number of hydrogen-bond donors (Lipinski definition) is 1. The minimum atomic E-state index is -4.24. The SMILES string of the molecule is Cc1ccc(S(=O)(=O)[C@@H](NC(=O)c2cccs2)C(=O)N2CCN(C(=O)c3cccc(Cl)c3)CC2)cc1. The van der Waals surface area contributed by atoms with Crippen molar-refractivity contribution < 1.29 is 22.8 Å². The minimum absolute atomic E-state index is 0.0623. The summed E-state index contributed by atoms with van der Waals surface area (Å²) in [4.78, 5) is 42.3. The van der Waals surface area contributed by atoms with E-state index in [1.54, 1.807) is 58.8 Å². The molecule has 8 nitrogen and oxygen atoms in total. The van der Waals surface area contributed by atoms with Crippen LogP contribution in [0.5, 0.6) is 0 Å². The Labute approximate surface area is 218 Å². The van der Waals surface area contributed by atoms with Crippen LogP contribution in [0.15, 0.2) is 70.9 Å². The van der Waals surface area contributed by atoms with Gasteiger partial charge in [-0.1, -0.05) is 41.4 Å². The van der Waals surface area contributed by atoms with Crippen LogP contribution in [0.2, 0.25) is 5.02 Å². The van der Waals surface area contributed by atoms with Gasteiger partial charge in [-0.2, -0.15) is 0 Å². The van der Waals surface area contributed by atoms with E-state index < -0.39 is 27.0 Å². The molecule has 1 saturated heterocycles. The van der Waals surface area contributed by atoms with Crippen molar-refractivity contribution in [3.05, 3.63) is 87.1 Å². The first-order chi connectivity index (χ1) is 17.2. The first kappa shape index (κ1) is 25.9. The second-order valence-corrected chi connectivity index (χ2v) is 11.7. The molecule has 1 atom stereocenters. The summed E-state index contributed by atoms with van der Waals surface area (Å²) in [5.41, 5.74) is 1.30. The molecule has 1 N–H and O–H groups in total. The van der Waals surface area contributed by atoms with Gasteiger partial charge in [0.05, 0.1) is 9.77 Å². The zero-order chi connectivity index (χ0) is 25.9. The van der Waals surface area contributed by atoms with Crippen LogP contribution in [0, 0.1) is 6.92 Å². The molecular weight excluding hydrogens is 522 g/mol. The summed E-state index contributed by atoms with van der Waals surface area (Å²) >= 11 is 7.14. The van der Waals surface area contributed by atoms with E-state index in [0.29, 0.717) is 15.5 Å². The fraction of sp³-hybridized carbons (Fsp3) is 0.240. The van der Waals surface area contributed by atoms with Crippen molar-refractivity contribution in [2.75, 3.05) is 26.2 Å². The molecule has 0 saturated carbocycles. The largest absolute Gasteiger partial charge is 0.336 e. The lowest BCUT2D eigenvalue weighted by Crippen LogP contribution is -2.57. The zero-order valence-corrected chi connectivity index (χ0v) is 21.8. The molecule has 3 amide bonds. The van der Waals surface area contributed by atoms with Gasteiger partial charge >= 0.3 is 0 Å². The van der Waals surface area contributed by atoms with Gasteiger partial charge in [-0.05, 0) is 48.7 Å². The van der Waals surface area contributed by atoms with Crippen LogP contribution < -0.4 is 5.32 Å². The smallest absolute Gasteiger partial charge is 0.262 e. The second kappa shape index (κ2) is 10.8. The molecule has 0 unspecified atom stereocenters. The fourth-order valence-corrected chi connectivity index (χ4v) is 6.12. The van der Waals surface area contributed by atoms with Gasteiger partial charge in [-0.25, -0.2) is 8.42 Å². The Balaban J connectivity index is 1.53. The van der Waals surface area contributed by atoms with Crippen molar-refractivity contribution in [3.63, 3.8) is 0 Å². The minimum Gasteiger partial charge on any atom is -0.336 e. The number of amides is 3. The first-order valence-corrected chi connectivity index (χ1v) is 14.0. The molecule has 11 heteroatoms. The number of nitrogens with zero attached hydrogens (tertiary/aromatic N) is 2. The van der Waals surface area contributed by atoms with Crippen LogP contribution >= 0.6 is 22.9 Å². The molecule has 36 heavy (non-hydrogen) atoms. The van der Waals surface area contributed by atoms with Crippen LogP contribution in [0.25, 0.3) is 0 Å². The third-order valence-electron chi connectivity index (χ3n) is 5.84. The van der Waals surface area contributed by atoms with Crippen molar-refractivity contribution >= 4 is 50.5 Å². The number of halogens is 1. The molecule has 1 aliphatic heterocycles. The van der Waals surface area contributed by atoms with Gasteiger partial charge in [-0.15, -0.1) is 11.3 Å². The Kier molecular flexibility index (Phi) is 7.77. The summed E-state index contributed by atoms with van der Waals surface area (Å²) in [6.45, 7) is 2.50. The molecule has 0 bridgehead atoms. The molecule has 4 rings (SSSR count). The number of hydrogen-bond acceptors (Lipinski definition) is 6. The lowest BCUT2D eigenvalue weighted by Gasteiger charge is -2.36. The Morgan fingerprint density at radius 2 is 1.61 bits per heavy atom. The number of piperazine rings is 1. The normalized spacial score (nSPS) is 14.8. The maximum absolute atomic E-state index is 13.5. The van der Waals surface area contributed by atoms with Gasteiger partial charge in [0.25, 0.3) is 17.7 Å². The van der Waals surface area contributed by atoms with Crippen molar-refractivity contribution in [1.82, 2.24) is 15.1 Å². The van der Waals surface area contributed by atoms with E-state index in [4.69, 9.17) is 11.6 Å². The molecule has 1 aliphatic rings.